The molecule has 0 spiro atoms. The molecule has 0 unspecified atom stereocenters. The van der Waals surface area contributed by atoms with E-state index in [1.54, 1.807) is 6.07 Å². The predicted molar refractivity (Wildman–Crippen MR) is 62.8 cm³/mol. The maximum absolute atomic E-state index is 10.4. The van der Waals surface area contributed by atoms with Crippen LogP contribution in [-0.4, -0.2) is 22.2 Å². The Labute approximate surface area is 99.1 Å². The minimum absolute atomic E-state index is 0. The van der Waals surface area contributed by atoms with Crippen LogP contribution in [0.3, 0.4) is 0 Å². The van der Waals surface area contributed by atoms with E-state index in [2.05, 4.69) is 0 Å². The van der Waals surface area contributed by atoms with Crippen molar-refractivity contribution in [3.8, 4) is 5.75 Å². The number of hydrogen-bond donors (Lipinski definition) is 3. The minimum atomic E-state index is -1.06. The molecule has 0 aromatic heterocycles. The van der Waals surface area contributed by atoms with Gasteiger partial charge in [-0.25, -0.2) is 0 Å². The van der Waals surface area contributed by atoms with Crippen molar-refractivity contribution < 1.29 is 15.0 Å². The molecule has 6 heteroatoms. The van der Waals surface area contributed by atoms with E-state index in [0.717, 1.165) is 0 Å². The lowest BCUT2D eigenvalue weighted by molar-refractivity contribution is -0.138. The summed E-state index contributed by atoms with van der Waals surface area (Å²) in [7, 11) is 0. The molecule has 0 aliphatic carbocycles. The zero-order valence-electron chi connectivity index (χ0n) is 7.77. The fraction of sp³-hybridized carbons (Fsp3) is 0.222. The zero-order valence-corrected chi connectivity index (χ0v) is 9.53. The van der Waals surface area contributed by atoms with Gasteiger partial charge in [0.05, 0.1) is 5.02 Å². The van der Waals surface area contributed by atoms with Gasteiger partial charge in [0.15, 0.2) is 0 Å². The number of aliphatic carboxylic acids is 1. The minimum Gasteiger partial charge on any atom is -0.506 e. The van der Waals surface area contributed by atoms with Crippen LogP contribution in [0.4, 0.5) is 0 Å². The molecule has 0 saturated heterocycles. The summed E-state index contributed by atoms with van der Waals surface area (Å²) in [4.78, 5) is 10.4. The zero-order chi connectivity index (χ0) is 10.7. The van der Waals surface area contributed by atoms with Crippen molar-refractivity contribution in [1.29, 1.82) is 0 Å². The summed E-state index contributed by atoms with van der Waals surface area (Å²) >= 11 is 5.64. The lowest BCUT2D eigenvalue weighted by atomic mass is 10.1. The highest BCUT2D eigenvalue weighted by Gasteiger charge is 2.12. The van der Waals surface area contributed by atoms with Gasteiger partial charge in [0, 0.05) is 0 Å². The lowest BCUT2D eigenvalue weighted by Crippen LogP contribution is -2.32. The van der Waals surface area contributed by atoms with E-state index >= 15 is 0 Å². The monoisotopic (exact) mass is 249 g/mol. The van der Waals surface area contributed by atoms with Crippen LogP contribution in [0.15, 0.2) is 18.2 Å². The fourth-order valence-electron chi connectivity index (χ4n) is 1.02. The van der Waals surface area contributed by atoms with E-state index in [9.17, 15) is 4.79 Å². The van der Waals surface area contributed by atoms with E-state index in [-0.39, 0.29) is 30.7 Å². The SMILES string of the molecule is N[C@@H](Cc1ccc(O)c(Cl)c1)C(=O)O.S. The Balaban J connectivity index is 0.00000196. The first-order valence-electron chi connectivity index (χ1n) is 3.96. The summed E-state index contributed by atoms with van der Waals surface area (Å²) in [5.74, 6) is -1.09. The van der Waals surface area contributed by atoms with Gasteiger partial charge < -0.3 is 15.9 Å². The molecule has 1 aromatic carbocycles. The van der Waals surface area contributed by atoms with E-state index in [1.165, 1.54) is 12.1 Å². The largest absolute Gasteiger partial charge is 0.506 e. The molecule has 4 nitrogen and oxygen atoms in total. The molecule has 0 aliphatic heterocycles. The Morgan fingerprint density at radius 1 is 1.53 bits per heavy atom. The first-order valence-corrected chi connectivity index (χ1v) is 4.34. The van der Waals surface area contributed by atoms with Crippen LogP contribution < -0.4 is 5.73 Å². The molecule has 0 heterocycles. The Bertz CT molecular complexity index is 359. The molecule has 0 aliphatic rings. The van der Waals surface area contributed by atoms with Gasteiger partial charge in [0.1, 0.15) is 11.8 Å². The number of hydrogen-bond acceptors (Lipinski definition) is 3. The van der Waals surface area contributed by atoms with Crippen LogP contribution in [0.5, 0.6) is 5.75 Å². The summed E-state index contributed by atoms with van der Waals surface area (Å²) in [6.45, 7) is 0. The summed E-state index contributed by atoms with van der Waals surface area (Å²) in [5.41, 5.74) is 6.01. The molecule has 1 aromatic rings. The first kappa shape index (κ1) is 14.1. The number of benzene rings is 1. The average molecular weight is 250 g/mol. The number of phenols is 1. The number of halogens is 1. The molecular weight excluding hydrogens is 238 g/mol. The van der Waals surface area contributed by atoms with Crippen LogP contribution in [-0.2, 0) is 11.2 Å². The van der Waals surface area contributed by atoms with E-state index in [4.69, 9.17) is 27.5 Å². The van der Waals surface area contributed by atoms with Gasteiger partial charge in [-0.2, -0.15) is 13.5 Å². The van der Waals surface area contributed by atoms with Crippen LogP contribution in [0.25, 0.3) is 0 Å². The van der Waals surface area contributed by atoms with Gasteiger partial charge in [-0.05, 0) is 24.1 Å². The smallest absolute Gasteiger partial charge is 0.320 e. The second kappa shape index (κ2) is 5.85. The maximum Gasteiger partial charge on any atom is 0.320 e. The van der Waals surface area contributed by atoms with Crippen molar-refractivity contribution in [3.05, 3.63) is 28.8 Å². The van der Waals surface area contributed by atoms with Crippen LogP contribution >= 0.6 is 25.1 Å². The number of carbonyl (C=O) groups is 1. The van der Waals surface area contributed by atoms with Crippen molar-refractivity contribution >= 4 is 31.1 Å². The van der Waals surface area contributed by atoms with E-state index in [1.807, 2.05) is 0 Å². The quantitative estimate of drug-likeness (QED) is 0.749. The van der Waals surface area contributed by atoms with Gasteiger partial charge in [0.2, 0.25) is 0 Å². The first-order chi connectivity index (χ1) is 6.50. The highest BCUT2D eigenvalue weighted by atomic mass is 35.5. The van der Waals surface area contributed by atoms with Crippen molar-refractivity contribution in [2.24, 2.45) is 5.73 Å². The van der Waals surface area contributed by atoms with Gasteiger partial charge >= 0.3 is 5.97 Å². The molecule has 0 fully saturated rings. The van der Waals surface area contributed by atoms with Gasteiger partial charge in [0.25, 0.3) is 0 Å². The van der Waals surface area contributed by atoms with Gasteiger partial charge in [-0.15, -0.1) is 0 Å². The third kappa shape index (κ3) is 3.99. The van der Waals surface area contributed by atoms with Crippen molar-refractivity contribution in [2.45, 2.75) is 12.5 Å². The number of carboxylic acids is 1. The molecule has 0 saturated carbocycles. The maximum atomic E-state index is 10.4. The third-order valence-electron chi connectivity index (χ3n) is 1.78. The lowest BCUT2D eigenvalue weighted by Gasteiger charge is -2.06. The average Bonchev–Trinajstić information content (AvgIpc) is 2.11. The number of carboxylic acid groups (broad SMARTS) is 1. The van der Waals surface area contributed by atoms with E-state index in [0.29, 0.717) is 5.56 Å². The second-order valence-corrected chi connectivity index (χ2v) is 3.34. The van der Waals surface area contributed by atoms with Crippen LogP contribution in [0.2, 0.25) is 5.02 Å². The molecular formula is C9H12ClNO3S. The molecule has 4 N–H and O–H groups in total. The molecule has 84 valence electrons. The fourth-order valence-corrected chi connectivity index (χ4v) is 1.22. The number of phenolic OH excluding ortho intramolecular Hbond substituents is 1. The standard InChI is InChI=1S/C9H10ClNO3.H2S/c10-6-3-5(1-2-8(6)12)4-7(11)9(13)14;/h1-3,7,12H,4,11H2,(H,13,14);1H2/t7-;/m0./s1. The van der Waals surface area contributed by atoms with Gasteiger partial charge in [-0.1, -0.05) is 17.7 Å². The molecule has 15 heavy (non-hydrogen) atoms. The molecule has 0 amide bonds. The highest BCUT2D eigenvalue weighted by molar-refractivity contribution is 7.59. The van der Waals surface area contributed by atoms with Crippen molar-refractivity contribution in [1.82, 2.24) is 0 Å². The Kier molecular flexibility index (Phi) is 5.49. The topological polar surface area (TPSA) is 83.5 Å². The number of rotatable bonds is 3. The van der Waals surface area contributed by atoms with Crippen molar-refractivity contribution in [3.63, 3.8) is 0 Å². The predicted octanol–water partition coefficient (Wildman–Crippen LogP) is 1.11. The third-order valence-corrected chi connectivity index (χ3v) is 2.09. The van der Waals surface area contributed by atoms with Crippen molar-refractivity contribution in [2.75, 3.05) is 0 Å². The van der Waals surface area contributed by atoms with Crippen LogP contribution in [0.1, 0.15) is 5.56 Å². The summed E-state index contributed by atoms with van der Waals surface area (Å²) in [6.07, 6.45) is 0.190. The number of nitrogens with two attached hydrogens (primary N) is 1. The highest BCUT2D eigenvalue weighted by Crippen LogP contribution is 2.23. The molecule has 0 radical (unpaired) electrons. The number of aromatic hydroxyl groups is 1. The Morgan fingerprint density at radius 3 is 2.60 bits per heavy atom. The Morgan fingerprint density at radius 2 is 2.13 bits per heavy atom. The normalized spacial score (nSPS) is 11.6. The molecule has 1 atom stereocenters. The second-order valence-electron chi connectivity index (χ2n) is 2.93. The van der Waals surface area contributed by atoms with Crippen LogP contribution in [0, 0.1) is 0 Å². The molecule has 0 bridgehead atoms. The summed E-state index contributed by atoms with van der Waals surface area (Å²) in [6, 6.07) is 3.55. The Hall–Kier alpha value is -0.910. The summed E-state index contributed by atoms with van der Waals surface area (Å²) < 4.78 is 0. The molecule has 1 rings (SSSR count). The van der Waals surface area contributed by atoms with E-state index < -0.39 is 12.0 Å². The van der Waals surface area contributed by atoms with Gasteiger partial charge in [-0.3, -0.25) is 4.79 Å². The summed E-state index contributed by atoms with van der Waals surface area (Å²) in [5, 5.41) is 17.9.